The van der Waals surface area contributed by atoms with E-state index in [1.54, 1.807) is 0 Å². The molecule has 1 aliphatic rings. The van der Waals surface area contributed by atoms with Crippen LogP contribution in [0.15, 0.2) is 0 Å². The first-order valence-electron chi connectivity index (χ1n) is 3.81. The number of hydrogen-bond donors (Lipinski definition) is 0. The van der Waals surface area contributed by atoms with E-state index in [1.165, 1.54) is 6.54 Å². The highest BCUT2D eigenvalue weighted by Crippen LogP contribution is 2.18. The Bertz CT molecular complexity index is 88.9. The molecule has 54 valence electrons. The van der Waals surface area contributed by atoms with Gasteiger partial charge in [0.25, 0.3) is 0 Å². The maximum Gasteiger partial charge on any atom is 0.0359 e. The second-order valence-corrected chi connectivity index (χ2v) is 2.61. The van der Waals surface area contributed by atoms with Gasteiger partial charge in [-0.15, -0.1) is 0 Å². The van der Waals surface area contributed by atoms with Crippen LogP contribution in [0.1, 0.15) is 20.8 Å². The third kappa shape index (κ3) is 1.43. The Kier molecular flexibility index (Phi) is 2.09. The molecule has 0 radical (unpaired) electrons. The summed E-state index contributed by atoms with van der Waals surface area (Å²) in [6.45, 7) is 10.2. The smallest absolute Gasteiger partial charge is 0.0359 e. The molecule has 2 unspecified atom stereocenters. The highest BCUT2D eigenvalue weighted by Gasteiger charge is 2.32. The van der Waals surface area contributed by atoms with E-state index < -0.39 is 0 Å². The van der Waals surface area contributed by atoms with Crippen LogP contribution in [-0.4, -0.2) is 35.7 Å². The lowest BCUT2D eigenvalue weighted by molar-refractivity contribution is 0.0908. The zero-order valence-electron chi connectivity index (χ0n) is 6.59. The lowest BCUT2D eigenvalue weighted by Crippen LogP contribution is -2.29. The van der Waals surface area contributed by atoms with E-state index in [2.05, 4.69) is 30.8 Å². The summed E-state index contributed by atoms with van der Waals surface area (Å²) < 4.78 is 0. The Labute approximate surface area is 57.4 Å². The number of hydrazine groups is 1. The predicted octanol–water partition coefficient (Wildman–Crippen LogP) is 0.947. The molecule has 2 nitrogen and oxygen atoms in total. The molecule has 0 aromatic heterocycles. The van der Waals surface area contributed by atoms with Gasteiger partial charge in [-0.3, -0.25) is 0 Å². The minimum absolute atomic E-state index is 0.810. The largest absolute Gasteiger partial charge is 0.242 e. The molecule has 0 amide bonds. The molecule has 1 rings (SSSR count). The molecule has 1 fully saturated rings. The van der Waals surface area contributed by atoms with Gasteiger partial charge in [-0.1, -0.05) is 13.8 Å². The van der Waals surface area contributed by atoms with Gasteiger partial charge in [0, 0.05) is 25.7 Å². The zero-order chi connectivity index (χ0) is 6.85. The SMILES string of the molecule is CCN(CC)N1CC1C. The summed E-state index contributed by atoms with van der Waals surface area (Å²) in [5, 5.41) is 4.78. The first kappa shape index (κ1) is 7.03. The molecule has 0 spiro atoms. The summed E-state index contributed by atoms with van der Waals surface area (Å²) in [6.07, 6.45) is 0. The molecule has 2 heteroatoms. The first-order chi connectivity index (χ1) is 4.29. The van der Waals surface area contributed by atoms with Gasteiger partial charge in [-0.25, -0.2) is 10.0 Å². The summed E-state index contributed by atoms with van der Waals surface area (Å²) in [6, 6.07) is 0.810. The van der Waals surface area contributed by atoms with Crippen molar-refractivity contribution in [1.29, 1.82) is 0 Å². The third-order valence-electron chi connectivity index (χ3n) is 1.92. The molecule has 0 N–H and O–H groups in total. The molecular formula is C7H16N2. The van der Waals surface area contributed by atoms with Crippen LogP contribution in [0.2, 0.25) is 0 Å². The Morgan fingerprint density at radius 3 is 2.00 bits per heavy atom. The molecule has 9 heavy (non-hydrogen) atoms. The van der Waals surface area contributed by atoms with Crippen molar-refractivity contribution in [3.05, 3.63) is 0 Å². The fourth-order valence-corrected chi connectivity index (χ4v) is 1.20. The molecule has 0 saturated carbocycles. The molecule has 1 saturated heterocycles. The van der Waals surface area contributed by atoms with Crippen LogP contribution in [0, 0.1) is 0 Å². The lowest BCUT2D eigenvalue weighted by atomic mass is 10.6. The van der Waals surface area contributed by atoms with E-state index in [4.69, 9.17) is 0 Å². The van der Waals surface area contributed by atoms with Crippen molar-refractivity contribution >= 4 is 0 Å². The quantitative estimate of drug-likeness (QED) is 0.522. The first-order valence-corrected chi connectivity index (χ1v) is 3.81. The van der Waals surface area contributed by atoms with Crippen LogP contribution in [0.5, 0.6) is 0 Å². The van der Waals surface area contributed by atoms with E-state index in [-0.39, 0.29) is 0 Å². The number of hydrogen-bond acceptors (Lipinski definition) is 2. The van der Waals surface area contributed by atoms with Gasteiger partial charge in [0.05, 0.1) is 0 Å². The van der Waals surface area contributed by atoms with Gasteiger partial charge in [0.15, 0.2) is 0 Å². The van der Waals surface area contributed by atoms with Gasteiger partial charge in [-0.2, -0.15) is 0 Å². The van der Waals surface area contributed by atoms with E-state index in [9.17, 15) is 0 Å². The summed E-state index contributed by atoms with van der Waals surface area (Å²) in [5.74, 6) is 0. The summed E-state index contributed by atoms with van der Waals surface area (Å²) in [5.41, 5.74) is 0. The van der Waals surface area contributed by atoms with Crippen molar-refractivity contribution in [3.8, 4) is 0 Å². The summed E-state index contributed by atoms with van der Waals surface area (Å²) in [7, 11) is 0. The van der Waals surface area contributed by atoms with Crippen LogP contribution < -0.4 is 0 Å². The van der Waals surface area contributed by atoms with Crippen molar-refractivity contribution in [1.82, 2.24) is 10.0 Å². The summed E-state index contributed by atoms with van der Waals surface area (Å²) >= 11 is 0. The topological polar surface area (TPSA) is 6.25 Å². The highest BCUT2D eigenvalue weighted by molar-refractivity contribution is 4.81. The molecule has 0 aromatic rings. The summed E-state index contributed by atoms with van der Waals surface area (Å²) in [4.78, 5) is 0. The van der Waals surface area contributed by atoms with Crippen LogP contribution >= 0.6 is 0 Å². The van der Waals surface area contributed by atoms with Crippen LogP contribution in [0.4, 0.5) is 0 Å². The van der Waals surface area contributed by atoms with Gasteiger partial charge < -0.3 is 0 Å². The highest BCUT2D eigenvalue weighted by atomic mass is 15.7. The van der Waals surface area contributed by atoms with Crippen molar-refractivity contribution in [3.63, 3.8) is 0 Å². The second-order valence-electron chi connectivity index (χ2n) is 2.61. The fraction of sp³-hybridized carbons (Fsp3) is 1.00. The molecular weight excluding hydrogens is 112 g/mol. The Hall–Kier alpha value is -0.0800. The molecule has 2 atom stereocenters. The second kappa shape index (κ2) is 2.67. The van der Waals surface area contributed by atoms with Gasteiger partial charge >= 0.3 is 0 Å². The Balaban J connectivity index is 2.23. The van der Waals surface area contributed by atoms with Crippen LogP contribution in [0.25, 0.3) is 0 Å². The lowest BCUT2D eigenvalue weighted by Gasteiger charge is -2.19. The van der Waals surface area contributed by atoms with Crippen molar-refractivity contribution in [2.75, 3.05) is 19.6 Å². The van der Waals surface area contributed by atoms with E-state index >= 15 is 0 Å². The predicted molar refractivity (Wildman–Crippen MR) is 39.1 cm³/mol. The van der Waals surface area contributed by atoms with E-state index in [0.29, 0.717) is 0 Å². The fourth-order valence-electron chi connectivity index (χ4n) is 1.20. The average molecular weight is 128 g/mol. The molecule has 0 bridgehead atoms. The average Bonchev–Trinajstić information content (AvgIpc) is 2.51. The number of rotatable bonds is 3. The molecule has 0 aliphatic carbocycles. The van der Waals surface area contributed by atoms with Crippen molar-refractivity contribution in [2.24, 2.45) is 0 Å². The Morgan fingerprint density at radius 2 is 1.89 bits per heavy atom. The van der Waals surface area contributed by atoms with Crippen molar-refractivity contribution < 1.29 is 0 Å². The van der Waals surface area contributed by atoms with E-state index in [0.717, 1.165) is 19.1 Å². The molecule has 0 aromatic carbocycles. The minimum atomic E-state index is 0.810. The minimum Gasteiger partial charge on any atom is -0.242 e. The number of nitrogens with zero attached hydrogens (tertiary/aromatic N) is 2. The normalized spacial score (nSPS) is 33.3. The standard InChI is InChI=1S/C7H16N2/c1-4-8(5-2)9-6-7(9)3/h7H,4-6H2,1-3H3. The maximum atomic E-state index is 2.40. The Morgan fingerprint density at radius 1 is 1.44 bits per heavy atom. The molecule has 1 aliphatic heterocycles. The van der Waals surface area contributed by atoms with Crippen LogP contribution in [0.3, 0.4) is 0 Å². The van der Waals surface area contributed by atoms with Gasteiger partial charge in [0.2, 0.25) is 0 Å². The van der Waals surface area contributed by atoms with Gasteiger partial charge in [-0.05, 0) is 6.92 Å². The van der Waals surface area contributed by atoms with E-state index in [1.807, 2.05) is 0 Å². The van der Waals surface area contributed by atoms with Gasteiger partial charge in [0.1, 0.15) is 0 Å². The van der Waals surface area contributed by atoms with Crippen LogP contribution in [-0.2, 0) is 0 Å². The monoisotopic (exact) mass is 128 g/mol. The van der Waals surface area contributed by atoms with Crippen molar-refractivity contribution in [2.45, 2.75) is 26.8 Å². The maximum absolute atomic E-state index is 2.40. The molecule has 1 heterocycles. The zero-order valence-corrected chi connectivity index (χ0v) is 6.59. The third-order valence-corrected chi connectivity index (χ3v) is 1.92.